The van der Waals surface area contributed by atoms with Crippen LogP contribution in [0.1, 0.15) is 23.2 Å². The molecule has 1 aliphatic rings. The van der Waals surface area contributed by atoms with Crippen LogP contribution < -0.4 is 20.5 Å². The lowest BCUT2D eigenvalue weighted by Gasteiger charge is -2.14. The Hall–Kier alpha value is -3.04. The summed E-state index contributed by atoms with van der Waals surface area (Å²) < 4.78 is 48.4. The first-order valence-electron chi connectivity index (χ1n) is 8.44. The van der Waals surface area contributed by atoms with Crippen molar-refractivity contribution in [2.75, 3.05) is 13.7 Å². The van der Waals surface area contributed by atoms with Crippen LogP contribution in [0.2, 0.25) is 0 Å². The number of ether oxygens (including phenoxy) is 2. The molecule has 2 amide bonds. The lowest BCUT2D eigenvalue weighted by molar-refractivity contribution is -0.151. The number of nitrogens with one attached hydrogen (secondary N) is 1. The first kappa shape index (κ1) is 19.7. The van der Waals surface area contributed by atoms with Crippen molar-refractivity contribution >= 4 is 22.6 Å². The van der Waals surface area contributed by atoms with Crippen LogP contribution in [0.25, 0.3) is 10.8 Å². The molecule has 0 saturated carbocycles. The molecule has 2 atom stereocenters. The van der Waals surface area contributed by atoms with Crippen LogP contribution in [0.3, 0.4) is 0 Å². The van der Waals surface area contributed by atoms with E-state index in [1.807, 2.05) is 0 Å². The largest absolute Gasteiger partial charge is 0.496 e. The molecule has 1 aromatic heterocycles. The van der Waals surface area contributed by atoms with Gasteiger partial charge in [0, 0.05) is 17.5 Å². The molecule has 150 valence electrons. The molecular formula is C18H18F3N3O4. The van der Waals surface area contributed by atoms with E-state index < -0.39 is 36.4 Å². The first-order valence-corrected chi connectivity index (χ1v) is 8.44. The van der Waals surface area contributed by atoms with Gasteiger partial charge in [-0.15, -0.1) is 0 Å². The van der Waals surface area contributed by atoms with Crippen LogP contribution in [0, 0.1) is 5.92 Å². The lowest BCUT2D eigenvalue weighted by Crippen LogP contribution is -2.31. The molecule has 7 nitrogen and oxygen atoms in total. The molecule has 0 spiro atoms. The number of hydrogen-bond donors (Lipinski definition) is 2. The van der Waals surface area contributed by atoms with E-state index in [0.29, 0.717) is 10.8 Å². The van der Waals surface area contributed by atoms with E-state index in [-0.39, 0.29) is 30.2 Å². The van der Waals surface area contributed by atoms with E-state index in [0.717, 1.165) is 0 Å². The van der Waals surface area contributed by atoms with Crippen molar-refractivity contribution in [3.8, 4) is 11.6 Å². The van der Waals surface area contributed by atoms with E-state index in [9.17, 15) is 22.8 Å². The average Bonchev–Trinajstić information content (AvgIpc) is 2.96. The molecule has 2 aromatic rings. The van der Waals surface area contributed by atoms with E-state index in [2.05, 4.69) is 10.3 Å². The Morgan fingerprint density at radius 2 is 2.14 bits per heavy atom. The normalized spacial score (nSPS) is 19.5. The molecule has 1 aliphatic heterocycles. The van der Waals surface area contributed by atoms with Gasteiger partial charge in [0.1, 0.15) is 12.4 Å². The summed E-state index contributed by atoms with van der Waals surface area (Å²) in [6.45, 7) is -0.0356. The highest BCUT2D eigenvalue weighted by Crippen LogP contribution is 2.32. The Morgan fingerprint density at radius 3 is 2.79 bits per heavy atom. The molecule has 28 heavy (non-hydrogen) atoms. The van der Waals surface area contributed by atoms with Crippen molar-refractivity contribution in [3.05, 3.63) is 30.0 Å². The number of nitrogens with two attached hydrogens (primary N) is 1. The number of halogens is 3. The van der Waals surface area contributed by atoms with Crippen molar-refractivity contribution in [1.82, 2.24) is 10.3 Å². The van der Waals surface area contributed by atoms with Gasteiger partial charge in [0.15, 0.2) is 0 Å². The average molecular weight is 397 g/mol. The second-order valence-electron chi connectivity index (χ2n) is 6.52. The third kappa shape index (κ3) is 4.26. The van der Waals surface area contributed by atoms with Crippen LogP contribution in [0.4, 0.5) is 13.2 Å². The summed E-state index contributed by atoms with van der Waals surface area (Å²) in [5.74, 6) is -1.95. The van der Waals surface area contributed by atoms with Gasteiger partial charge in [-0.2, -0.15) is 13.2 Å². The highest BCUT2D eigenvalue weighted by Gasteiger charge is 2.40. The number of methoxy groups -OCH3 is 1. The number of carbonyl (C=O) groups excluding carboxylic acids is 2. The van der Waals surface area contributed by atoms with Gasteiger partial charge in [0.05, 0.1) is 25.1 Å². The third-order valence-corrected chi connectivity index (χ3v) is 4.50. The first-order chi connectivity index (χ1) is 13.2. The molecule has 0 bridgehead atoms. The maximum absolute atomic E-state index is 12.5. The van der Waals surface area contributed by atoms with Gasteiger partial charge in [-0.25, -0.2) is 4.98 Å². The fraction of sp³-hybridized carbons (Fsp3) is 0.389. The maximum atomic E-state index is 12.5. The molecule has 2 heterocycles. The quantitative estimate of drug-likeness (QED) is 0.778. The molecule has 1 fully saturated rings. The Labute approximate surface area is 158 Å². The summed E-state index contributed by atoms with van der Waals surface area (Å²) in [7, 11) is 1.39. The zero-order valence-corrected chi connectivity index (χ0v) is 14.9. The molecular weight excluding hydrogens is 379 g/mol. The highest BCUT2D eigenvalue weighted by atomic mass is 19.4. The number of amides is 2. The fourth-order valence-electron chi connectivity index (χ4n) is 3.22. The summed E-state index contributed by atoms with van der Waals surface area (Å²) in [5, 5.41) is 3.69. The Balaban J connectivity index is 1.76. The van der Waals surface area contributed by atoms with Gasteiger partial charge in [0.2, 0.25) is 11.8 Å². The van der Waals surface area contributed by atoms with Crippen LogP contribution in [0.15, 0.2) is 24.4 Å². The van der Waals surface area contributed by atoms with Gasteiger partial charge < -0.3 is 20.5 Å². The van der Waals surface area contributed by atoms with E-state index in [1.165, 1.54) is 13.3 Å². The number of benzene rings is 1. The summed E-state index contributed by atoms with van der Waals surface area (Å²) in [6, 6.07) is 4.20. The number of alkyl halides is 3. The van der Waals surface area contributed by atoms with Crippen LogP contribution in [-0.2, 0) is 4.79 Å². The van der Waals surface area contributed by atoms with E-state index >= 15 is 0 Å². The van der Waals surface area contributed by atoms with Gasteiger partial charge in [-0.1, -0.05) is 0 Å². The number of carbonyl (C=O) groups is 2. The van der Waals surface area contributed by atoms with Crippen molar-refractivity contribution in [2.45, 2.75) is 25.1 Å². The molecule has 1 aromatic carbocycles. The van der Waals surface area contributed by atoms with Gasteiger partial charge in [-0.05, 0) is 30.0 Å². The third-order valence-electron chi connectivity index (χ3n) is 4.50. The Morgan fingerprint density at radius 1 is 1.39 bits per heavy atom. The van der Waals surface area contributed by atoms with Crippen LogP contribution in [-0.4, -0.2) is 42.7 Å². The molecule has 10 heteroatoms. The van der Waals surface area contributed by atoms with Gasteiger partial charge in [0.25, 0.3) is 5.91 Å². The molecule has 1 saturated heterocycles. The summed E-state index contributed by atoms with van der Waals surface area (Å²) in [4.78, 5) is 27.4. The summed E-state index contributed by atoms with van der Waals surface area (Å²) >= 11 is 0. The Kier molecular flexibility index (Phi) is 5.30. The summed E-state index contributed by atoms with van der Waals surface area (Å²) in [6.07, 6.45) is -4.06. The number of aromatic nitrogens is 1. The second-order valence-corrected chi connectivity index (χ2v) is 6.52. The van der Waals surface area contributed by atoms with Gasteiger partial charge >= 0.3 is 6.18 Å². The number of primary amides is 1. The Bertz CT molecular complexity index is 917. The van der Waals surface area contributed by atoms with Crippen molar-refractivity contribution in [1.29, 1.82) is 0 Å². The van der Waals surface area contributed by atoms with Crippen LogP contribution in [0.5, 0.6) is 11.6 Å². The topological polar surface area (TPSA) is 104 Å². The van der Waals surface area contributed by atoms with Crippen molar-refractivity contribution < 1.29 is 32.2 Å². The monoisotopic (exact) mass is 397 g/mol. The smallest absolute Gasteiger partial charge is 0.389 e. The number of hydrogen-bond acceptors (Lipinski definition) is 5. The number of rotatable bonds is 6. The van der Waals surface area contributed by atoms with E-state index in [1.54, 1.807) is 18.2 Å². The SMILES string of the molecule is COc1cc2c(OCC3C[C@@H](CC(F)(F)F)C(=O)N3)nccc2cc1C(N)=O. The number of nitrogens with zero attached hydrogens (tertiary/aromatic N) is 1. The second kappa shape index (κ2) is 7.53. The minimum Gasteiger partial charge on any atom is -0.496 e. The molecule has 1 unspecified atom stereocenters. The molecule has 0 aliphatic carbocycles. The van der Waals surface area contributed by atoms with Crippen molar-refractivity contribution in [3.63, 3.8) is 0 Å². The van der Waals surface area contributed by atoms with Crippen LogP contribution >= 0.6 is 0 Å². The fourth-order valence-corrected chi connectivity index (χ4v) is 3.22. The number of pyridine rings is 1. The lowest BCUT2D eigenvalue weighted by atomic mass is 10.0. The van der Waals surface area contributed by atoms with Crippen molar-refractivity contribution in [2.24, 2.45) is 11.7 Å². The maximum Gasteiger partial charge on any atom is 0.389 e. The highest BCUT2D eigenvalue weighted by molar-refractivity contribution is 6.01. The summed E-state index contributed by atoms with van der Waals surface area (Å²) in [5.41, 5.74) is 5.54. The molecule has 3 N–H and O–H groups in total. The molecule has 3 rings (SSSR count). The van der Waals surface area contributed by atoms with E-state index in [4.69, 9.17) is 15.2 Å². The number of fused-ring (bicyclic) bond motifs is 1. The zero-order valence-electron chi connectivity index (χ0n) is 14.9. The standard InChI is InChI=1S/C18H18F3N3O4/c1-27-14-6-12-9(5-13(14)15(22)25)2-3-23-17(12)28-8-11-4-10(16(26)24-11)7-18(19,20)21/h2-3,5-6,10-11H,4,7-8H2,1H3,(H2,22,25)(H,24,26)/t10-,11?/m0/s1. The van der Waals surface area contributed by atoms with Gasteiger partial charge in [-0.3, -0.25) is 9.59 Å². The minimum atomic E-state index is -4.40. The minimum absolute atomic E-state index is 0.0260. The molecule has 0 radical (unpaired) electrons. The predicted octanol–water partition coefficient (Wildman–Crippen LogP) is 2.18. The predicted molar refractivity (Wildman–Crippen MR) is 93.0 cm³/mol. The zero-order chi connectivity index (χ0) is 20.5.